The first-order valence-electron chi connectivity index (χ1n) is 9.56. The fourth-order valence-electron chi connectivity index (χ4n) is 2.96. The van der Waals surface area contributed by atoms with E-state index in [0.29, 0.717) is 17.9 Å². The summed E-state index contributed by atoms with van der Waals surface area (Å²) in [6, 6.07) is 19.5. The Morgan fingerprint density at radius 1 is 0.968 bits per heavy atom. The standard InChI is InChI=1S/C24H18F2N2O2S/c25-17-11-9-16(10-12-17)13-23-27-18(15-31-23)14-22(29)28-24-20(26)7-4-8-21(24)30-19-5-2-1-3-6-19/h1-12,15H,13-14H2,(H,28,29). The van der Waals surface area contributed by atoms with Crippen LogP contribution in [0.15, 0.2) is 78.2 Å². The SMILES string of the molecule is O=C(Cc1csc(Cc2ccc(F)cc2)n1)Nc1c(F)cccc1Oc1ccccc1. The molecule has 4 aromatic rings. The zero-order chi connectivity index (χ0) is 21.6. The number of amides is 1. The number of aromatic nitrogens is 1. The second-order valence-corrected chi connectivity index (χ2v) is 7.73. The van der Waals surface area contributed by atoms with Gasteiger partial charge in [0.15, 0.2) is 11.6 Å². The van der Waals surface area contributed by atoms with Gasteiger partial charge in [0.05, 0.1) is 17.1 Å². The molecule has 7 heteroatoms. The van der Waals surface area contributed by atoms with Crippen molar-refractivity contribution in [2.75, 3.05) is 5.32 Å². The van der Waals surface area contributed by atoms with Crippen LogP contribution in [0.5, 0.6) is 11.5 Å². The van der Waals surface area contributed by atoms with Gasteiger partial charge in [-0.1, -0.05) is 36.4 Å². The number of anilines is 1. The maximum absolute atomic E-state index is 14.4. The summed E-state index contributed by atoms with van der Waals surface area (Å²) in [7, 11) is 0. The van der Waals surface area contributed by atoms with Crippen molar-refractivity contribution < 1.29 is 18.3 Å². The van der Waals surface area contributed by atoms with Crippen LogP contribution >= 0.6 is 11.3 Å². The Hall–Kier alpha value is -3.58. The number of nitrogens with zero attached hydrogens (tertiary/aromatic N) is 1. The molecule has 0 radical (unpaired) electrons. The van der Waals surface area contributed by atoms with Crippen molar-refractivity contribution in [3.63, 3.8) is 0 Å². The second kappa shape index (κ2) is 9.49. The summed E-state index contributed by atoms with van der Waals surface area (Å²) in [5, 5.41) is 5.20. The number of nitrogens with one attached hydrogen (secondary N) is 1. The van der Waals surface area contributed by atoms with Crippen LogP contribution in [-0.4, -0.2) is 10.9 Å². The zero-order valence-corrected chi connectivity index (χ0v) is 17.2. The lowest BCUT2D eigenvalue weighted by molar-refractivity contribution is -0.115. The maximum atomic E-state index is 14.4. The largest absolute Gasteiger partial charge is 0.455 e. The van der Waals surface area contributed by atoms with E-state index in [1.807, 2.05) is 6.07 Å². The third kappa shape index (κ3) is 5.52. The Kier molecular flexibility index (Phi) is 6.33. The minimum atomic E-state index is -0.586. The molecule has 1 heterocycles. The van der Waals surface area contributed by atoms with Gasteiger partial charge < -0.3 is 10.1 Å². The molecule has 31 heavy (non-hydrogen) atoms. The number of carbonyl (C=O) groups is 1. The first-order chi connectivity index (χ1) is 15.1. The molecule has 0 unspecified atom stereocenters. The molecular weight excluding hydrogens is 418 g/mol. The van der Waals surface area contributed by atoms with Crippen LogP contribution in [0.3, 0.4) is 0 Å². The molecule has 3 aromatic carbocycles. The van der Waals surface area contributed by atoms with Crippen molar-refractivity contribution in [1.29, 1.82) is 0 Å². The number of ether oxygens (including phenoxy) is 1. The van der Waals surface area contributed by atoms with Gasteiger partial charge >= 0.3 is 0 Å². The summed E-state index contributed by atoms with van der Waals surface area (Å²) < 4.78 is 33.2. The lowest BCUT2D eigenvalue weighted by Gasteiger charge is -2.13. The normalized spacial score (nSPS) is 10.6. The quantitative estimate of drug-likeness (QED) is 0.387. The molecule has 0 spiro atoms. The number of hydrogen-bond donors (Lipinski definition) is 1. The molecule has 1 N–H and O–H groups in total. The van der Waals surface area contributed by atoms with E-state index in [1.165, 1.54) is 35.6 Å². The molecule has 0 aliphatic carbocycles. The predicted octanol–water partition coefficient (Wildman–Crippen LogP) is 5.99. The highest BCUT2D eigenvalue weighted by molar-refractivity contribution is 7.09. The molecule has 0 aliphatic rings. The van der Waals surface area contributed by atoms with E-state index in [0.717, 1.165) is 10.6 Å². The van der Waals surface area contributed by atoms with Gasteiger partial charge in [-0.2, -0.15) is 0 Å². The molecule has 0 saturated heterocycles. The maximum Gasteiger partial charge on any atom is 0.230 e. The van der Waals surface area contributed by atoms with Gasteiger partial charge in [0.25, 0.3) is 0 Å². The van der Waals surface area contributed by atoms with Gasteiger partial charge in [-0.15, -0.1) is 11.3 Å². The fraction of sp³-hybridized carbons (Fsp3) is 0.0833. The van der Waals surface area contributed by atoms with Crippen molar-refractivity contribution in [2.24, 2.45) is 0 Å². The van der Waals surface area contributed by atoms with Gasteiger partial charge in [0.2, 0.25) is 5.91 Å². The number of hydrogen-bond acceptors (Lipinski definition) is 4. The van der Waals surface area contributed by atoms with Crippen molar-refractivity contribution in [3.8, 4) is 11.5 Å². The smallest absolute Gasteiger partial charge is 0.230 e. The first kappa shape index (κ1) is 20.7. The number of halogens is 2. The highest BCUT2D eigenvalue weighted by Gasteiger charge is 2.15. The highest BCUT2D eigenvalue weighted by Crippen LogP contribution is 2.31. The van der Waals surface area contributed by atoms with Crippen molar-refractivity contribution in [2.45, 2.75) is 12.8 Å². The molecule has 4 rings (SSSR count). The molecule has 0 saturated carbocycles. The van der Waals surface area contributed by atoms with E-state index in [-0.39, 0.29) is 23.7 Å². The van der Waals surface area contributed by atoms with Crippen LogP contribution in [0.2, 0.25) is 0 Å². The average molecular weight is 436 g/mol. The van der Waals surface area contributed by atoms with Crippen LogP contribution in [0.4, 0.5) is 14.5 Å². The molecule has 156 valence electrons. The van der Waals surface area contributed by atoms with Crippen molar-refractivity contribution in [1.82, 2.24) is 4.98 Å². The molecule has 0 atom stereocenters. The lowest BCUT2D eigenvalue weighted by atomic mass is 10.1. The van der Waals surface area contributed by atoms with Gasteiger partial charge in [-0.3, -0.25) is 4.79 Å². The summed E-state index contributed by atoms with van der Waals surface area (Å²) in [5.74, 6) is -0.522. The lowest BCUT2D eigenvalue weighted by Crippen LogP contribution is -2.16. The number of thiazole rings is 1. The van der Waals surface area contributed by atoms with Gasteiger partial charge in [0, 0.05) is 11.8 Å². The molecule has 1 amide bonds. The molecule has 0 aliphatic heterocycles. The second-order valence-electron chi connectivity index (χ2n) is 6.79. The minimum Gasteiger partial charge on any atom is -0.455 e. The van der Waals surface area contributed by atoms with E-state index >= 15 is 0 Å². The third-order valence-corrected chi connectivity index (χ3v) is 5.32. The third-order valence-electron chi connectivity index (χ3n) is 4.42. The van der Waals surface area contributed by atoms with Crippen LogP contribution in [0.1, 0.15) is 16.3 Å². The topological polar surface area (TPSA) is 51.2 Å². The van der Waals surface area contributed by atoms with E-state index in [2.05, 4.69) is 10.3 Å². The number of benzene rings is 3. The van der Waals surface area contributed by atoms with Gasteiger partial charge in [0.1, 0.15) is 17.3 Å². The predicted molar refractivity (Wildman–Crippen MR) is 117 cm³/mol. The number of carbonyl (C=O) groups excluding carboxylic acids is 1. The Morgan fingerprint density at radius 3 is 2.52 bits per heavy atom. The Morgan fingerprint density at radius 2 is 1.74 bits per heavy atom. The monoisotopic (exact) mass is 436 g/mol. The van der Waals surface area contributed by atoms with E-state index < -0.39 is 11.7 Å². The minimum absolute atomic E-state index is 0.000963. The zero-order valence-electron chi connectivity index (χ0n) is 16.3. The molecule has 0 fully saturated rings. The summed E-state index contributed by atoms with van der Waals surface area (Å²) >= 11 is 1.42. The van der Waals surface area contributed by atoms with Crippen molar-refractivity contribution >= 4 is 22.9 Å². The van der Waals surface area contributed by atoms with Gasteiger partial charge in [-0.05, 0) is 42.0 Å². The highest BCUT2D eigenvalue weighted by atomic mass is 32.1. The summed E-state index contributed by atoms with van der Waals surface area (Å²) in [4.78, 5) is 17.0. The average Bonchev–Trinajstić information content (AvgIpc) is 3.19. The molecule has 1 aromatic heterocycles. The van der Waals surface area contributed by atoms with Crippen molar-refractivity contribution in [3.05, 3.63) is 106 Å². The molecular formula is C24H18F2N2O2S. The van der Waals surface area contributed by atoms with Crippen LogP contribution in [0.25, 0.3) is 0 Å². The van der Waals surface area contributed by atoms with Crippen LogP contribution in [0, 0.1) is 11.6 Å². The molecule has 0 bridgehead atoms. The molecule has 4 nitrogen and oxygen atoms in total. The first-order valence-corrected chi connectivity index (χ1v) is 10.4. The van der Waals surface area contributed by atoms with E-state index in [9.17, 15) is 13.6 Å². The summed E-state index contributed by atoms with van der Waals surface area (Å²) in [5.41, 5.74) is 1.50. The Bertz CT molecular complexity index is 1180. The number of rotatable bonds is 7. The van der Waals surface area contributed by atoms with Crippen LogP contribution < -0.4 is 10.1 Å². The Balaban J connectivity index is 1.42. The van der Waals surface area contributed by atoms with Crippen LogP contribution in [-0.2, 0) is 17.6 Å². The fourth-order valence-corrected chi connectivity index (χ4v) is 3.79. The summed E-state index contributed by atoms with van der Waals surface area (Å²) in [6.07, 6.45) is 0.550. The summed E-state index contributed by atoms with van der Waals surface area (Å²) in [6.45, 7) is 0. The number of para-hydroxylation sites is 2. The van der Waals surface area contributed by atoms with Gasteiger partial charge in [-0.25, -0.2) is 13.8 Å². The Labute approximate surface area is 182 Å². The van der Waals surface area contributed by atoms with E-state index in [1.54, 1.807) is 47.8 Å². The van der Waals surface area contributed by atoms with E-state index in [4.69, 9.17) is 4.74 Å².